The quantitative estimate of drug-likeness (QED) is 0.744. The lowest BCUT2D eigenvalue weighted by Crippen LogP contribution is -1.95. The van der Waals surface area contributed by atoms with Crippen LogP contribution in [0.25, 0.3) is 0 Å². The van der Waals surface area contributed by atoms with E-state index in [1.54, 1.807) is 0 Å². The maximum atomic E-state index is 12.7. The first-order chi connectivity index (χ1) is 6.15. The van der Waals surface area contributed by atoms with Crippen molar-refractivity contribution in [3.63, 3.8) is 0 Å². The van der Waals surface area contributed by atoms with Gasteiger partial charge in [0.15, 0.2) is 5.75 Å². The van der Waals surface area contributed by atoms with E-state index in [0.717, 1.165) is 6.07 Å². The molecule has 1 rings (SSSR count). The molecular weight excluding hydrogens is 258 g/mol. The number of hydrogen-bond donors (Lipinski definition) is 0. The highest BCUT2D eigenvalue weighted by molar-refractivity contribution is 9.10. The Morgan fingerprint density at radius 3 is 2.85 bits per heavy atom. The molecule has 0 saturated heterocycles. The van der Waals surface area contributed by atoms with Crippen LogP contribution in [0.15, 0.2) is 16.6 Å². The van der Waals surface area contributed by atoms with E-state index in [0.29, 0.717) is 10.2 Å². The summed E-state index contributed by atoms with van der Waals surface area (Å²) in [4.78, 5) is 0. The summed E-state index contributed by atoms with van der Waals surface area (Å²) in [7, 11) is 0. The van der Waals surface area contributed by atoms with Crippen molar-refractivity contribution in [2.45, 2.75) is 0 Å². The smallest absolute Gasteiger partial charge is 0.153 e. The Balaban J connectivity index is 3.00. The van der Waals surface area contributed by atoms with Gasteiger partial charge >= 0.3 is 0 Å². The van der Waals surface area contributed by atoms with Crippen LogP contribution in [0, 0.1) is 18.2 Å². The molecular formula is C9H5BrClFO. The van der Waals surface area contributed by atoms with Crippen LogP contribution in [-0.2, 0) is 0 Å². The third-order valence-electron chi connectivity index (χ3n) is 1.26. The third-order valence-corrected chi connectivity index (χ3v) is 2.13. The second kappa shape index (κ2) is 4.50. The van der Waals surface area contributed by atoms with Crippen molar-refractivity contribution in [1.82, 2.24) is 0 Å². The van der Waals surface area contributed by atoms with Gasteiger partial charge in [-0.15, -0.1) is 6.42 Å². The molecule has 0 aromatic heterocycles. The van der Waals surface area contributed by atoms with Crippen molar-refractivity contribution >= 4 is 27.5 Å². The topological polar surface area (TPSA) is 9.23 Å². The molecule has 0 radical (unpaired) electrons. The zero-order valence-corrected chi connectivity index (χ0v) is 8.82. The molecule has 1 aromatic carbocycles. The van der Waals surface area contributed by atoms with E-state index in [2.05, 4.69) is 21.9 Å². The van der Waals surface area contributed by atoms with E-state index < -0.39 is 5.82 Å². The second-order valence-corrected chi connectivity index (χ2v) is 3.45. The van der Waals surface area contributed by atoms with Gasteiger partial charge in [0.05, 0.1) is 9.50 Å². The lowest BCUT2D eigenvalue weighted by Gasteiger charge is -2.06. The Labute approximate surface area is 89.0 Å². The van der Waals surface area contributed by atoms with Gasteiger partial charge in [-0.25, -0.2) is 4.39 Å². The Bertz CT molecular complexity index is 336. The highest BCUT2D eigenvalue weighted by atomic mass is 79.9. The Hall–Kier alpha value is -0.720. The zero-order chi connectivity index (χ0) is 9.84. The van der Waals surface area contributed by atoms with Crippen molar-refractivity contribution in [2.75, 3.05) is 6.61 Å². The van der Waals surface area contributed by atoms with Crippen molar-refractivity contribution in [1.29, 1.82) is 0 Å². The van der Waals surface area contributed by atoms with Gasteiger partial charge in [-0.2, -0.15) is 0 Å². The van der Waals surface area contributed by atoms with Crippen LogP contribution in [0.4, 0.5) is 4.39 Å². The van der Waals surface area contributed by atoms with Crippen LogP contribution in [0.2, 0.25) is 5.02 Å². The van der Waals surface area contributed by atoms with Crippen molar-refractivity contribution in [2.24, 2.45) is 0 Å². The molecule has 0 amide bonds. The highest BCUT2D eigenvalue weighted by Gasteiger charge is 2.08. The highest BCUT2D eigenvalue weighted by Crippen LogP contribution is 2.33. The molecule has 68 valence electrons. The number of benzene rings is 1. The molecule has 0 spiro atoms. The molecule has 0 aliphatic rings. The van der Waals surface area contributed by atoms with E-state index in [4.69, 9.17) is 22.8 Å². The molecule has 1 aromatic rings. The van der Waals surface area contributed by atoms with Gasteiger partial charge in [-0.05, 0) is 28.1 Å². The lowest BCUT2D eigenvalue weighted by atomic mass is 10.3. The van der Waals surface area contributed by atoms with Gasteiger partial charge in [0.25, 0.3) is 0 Å². The second-order valence-electron chi connectivity index (χ2n) is 2.19. The number of ether oxygens (including phenoxy) is 1. The summed E-state index contributed by atoms with van der Waals surface area (Å²) in [6.45, 7) is 0.101. The monoisotopic (exact) mass is 262 g/mol. The van der Waals surface area contributed by atoms with E-state index >= 15 is 0 Å². The number of rotatable bonds is 2. The van der Waals surface area contributed by atoms with Crippen LogP contribution in [-0.4, -0.2) is 6.61 Å². The first-order valence-electron chi connectivity index (χ1n) is 3.36. The Kier molecular flexibility index (Phi) is 3.58. The molecule has 0 N–H and O–H groups in total. The summed E-state index contributed by atoms with van der Waals surface area (Å²) in [5.41, 5.74) is 0. The van der Waals surface area contributed by atoms with Gasteiger partial charge in [-0.1, -0.05) is 17.5 Å². The number of halogens is 3. The molecule has 0 bridgehead atoms. The fraction of sp³-hybridized carbons (Fsp3) is 0.111. The maximum Gasteiger partial charge on any atom is 0.153 e. The van der Waals surface area contributed by atoms with Gasteiger partial charge in [0, 0.05) is 0 Å². The SMILES string of the molecule is C#CCOc1c(Cl)cc(F)cc1Br. The minimum absolute atomic E-state index is 0.101. The maximum absolute atomic E-state index is 12.7. The van der Waals surface area contributed by atoms with Gasteiger partial charge in [0.2, 0.25) is 0 Å². The predicted octanol–water partition coefficient (Wildman–Crippen LogP) is 3.25. The molecule has 0 atom stereocenters. The third kappa shape index (κ3) is 2.61. The fourth-order valence-corrected chi connectivity index (χ4v) is 1.70. The minimum atomic E-state index is -0.426. The van der Waals surface area contributed by atoms with Crippen molar-refractivity contribution in [3.05, 3.63) is 27.4 Å². The van der Waals surface area contributed by atoms with Crippen molar-refractivity contribution in [3.8, 4) is 18.1 Å². The Morgan fingerprint density at radius 1 is 1.62 bits per heavy atom. The molecule has 1 nitrogen and oxygen atoms in total. The average Bonchev–Trinajstić information content (AvgIpc) is 2.02. The summed E-state index contributed by atoms with van der Waals surface area (Å²) in [5.74, 6) is 2.23. The molecule has 0 aliphatic heterocycles. The van der Waals surface area contributed by atoms with E-state index in [1.165, 1.54) is 6.07 Å². The van der Waals surface area contributed by atoms with Gasteiger partial charge in [-0.3, -0.25) is 0 Å². The van der Waals surface area contributed by atoms with Crippen LogP contribution in [0.3, 0.4) is 0 Å². The molecule has 0 aliphatic carbocycles. The summed E-state index contributed by atoms with van der Waals surface area (Å²) < 4.78 is 18.3. The standard InChI is InChI=1S/C9H5BrClFO/c1-2-3-13-9-7(10)4-6(12)5-8(9)11/h1,4-5H,3H2. The predicted molar refractivity (Wildman–Crippen MR) is 53.4 cm³/mol. The van der Waals surface area contributed by atoms with Crippen LogP contribution in [0.1, 0.15) is 0 Å². The van der Waals surface area contributed by atoms with E-state index in [9.17, 15) is 4.39 Å². The van der Waals surface area contributed by atoms with Crippen LogP contribution in [0.5, 0.6) is 5.75 Å². The minimum Gasteiger partial charge on any atom is -0.478 e. The van der Waals surface area contributed by atoms with Crippen LogP contribution >= 0.6 is 27.5 Å². The molecule has 0 heterocycles. The Morgan fingerprint density at radius 2 is 2.31 bits per heavy atom. The summed E-state index contributed by atoms with van der Waals surface area (Å²) in [6.07, 6.45) is 5.00. The van der Waals surface area contributed by atoms with Gasteiger partial charge in [0.1, 0.15) is 12.4 Å². The number of hydrogen-bond acceptors (Lipinski definition) is 1. The normalized spacial score (nSPS) is 9.38. The largest absolute Gasteiger partial charge is 0.478 e. The summed E-state index contributed by atoms with van der Waals surface area (Å²) in [5, 5.41) is 0.196. The van der Waals surface area contributed by atoms with E-state index in [-0.39, 0.29) is 11.6 Å². The fourth-order valence-electron chi connectivity index (χ4n) is 0.781. The molecule has 13 heavy (non-hydrogen) atoms. The average molecular weight is 263 g/mol. The zero-order valence-electron chi connectivity index (χ0n) is 6.48. The first kappa shape index (κ1) is 10.4. The molecule has 0 saturated carbocycles. The molecule has 0 fully saturated rings. The summed E-state index contributed by atoms with van der Waals surface area (Å²) >= 11 is 8.82. The van der Waals surface area contributed by atoms with Gasteiger partial charge < -0.3 is 4.74 Å². The lowest BCUT2D eigenvalue weighted by molar-refractivity contribution is 0.367. The summed E-state index contributed by atoms with van der Waals surface area (Å²) in [6, 6.07) is 2.43. The van der Waals surface area contributed by atoms with Crippen molar-refractivity contribution < 1.29 is 9.13 Å². The number of terminal acetylenes is 1. The van der Waals surface area contributed by atoms with Crippen LogP contribution < -0.4 is 4.74 Å². The molecule has 4 heteroatoms. The first-order valence-corrected chi connectivity index (χ1v) is 4.53. The molecule has 0 unspecified atom stereocenters. The van der Waals surface area contributed by atoms with E-state index in [1.807, 2.05) is 0 Å².